The van der Waals surface area contributed by atoms with Crippen LogP contribution in [0.25, 0.3) is 0 Å². The Morgan fingerprint density at radius 3 is 2.90 bits per heavy atom. The van der Waals surface area contributed by atoms with Crippen molar-refractivity contribution >= 4 is 21.6 Å². The maximum atomic E-state index is 10.8. The van der Waals surface area contributed by atoms with Crippen molar-refractivity contribution in [3.8, 4) is 0 Å². The summed E-state index contributed by atoms with van der Waals surface area (Å²) < 4.78 is 0.792. The normalized spacial score (nSPS) is 23.8. The zero-order valence-electron chi connectivity index (χ0n) is 11.6. The molecular formula is C14H20BrN3O2. The molecule has 1 aliphatic heterocycles. The number of benzene rings is 1. The molecule has 20 heavy (non-hydrogen) atoms. The van der Waals surface area contributed by atoms with E-state index in [-0.39, 0.29) is 10.6 Å². The Morgan fingerprint density at radius 1 is 1.55 bits per heavy atom. The number of hydrogen-bond donors (Lipinski definition) is 1. The van der Waals surface area contributed by atoms with E-state index in [4.69, 9.17) is 5.73 Å². The number of nitro groups is 1. The molecule has 2 unspecified atom stereocenters. The van der Waals surface area contributed by atoms with E-state index in [1.807, 2.05) is 6.07 Å². The van der Waals surface area contributed by atoms with Gasteiger partial charge in [-0.3, -0.25) is 15.0 Å². The lowest BCUT2D eigenvalue weighted by molar-refractivity contribution is -0.384. The number of nitrogens with two attached hydrogens (primary N) is 1. The zero-order valence-corrected chi connectivity index (χ0v) is 13.2. The molecule has 2 N–H and O–H groups in total. The van der Waals surface area contributed by atoms with Gasteiger partial charge in [0, 0.05) is 35.7 Å². The predicted octanol–water partition coefficient (Wildman–Crippen LogP) is 2.92. The number of piperidine rings is 1. The molecular weight excluding hydrogens is 322 g/mol. The third-order valence-electron chi connectivity index (χ3n) is 4.09. The van der Waals surface area contributed by atoms with Crippen LogP contribution in [0.1, 0.15) is 25.3 Å². The Bertz CT molecular complexity index is 495. The van der Waals surface area contributed by atoms with Gasteiger partial charge in [0.1, 0.15) is 0 Å². The second kappa shape index (κ2) is 6.65. The third kappa shape index (κ3) is 3.37. The molecule has 0 saturated carbocycles. The molecule has 1 heterocycles. The van der Waals surface area contributed by atoms with Crippen LogP contribution in [-0.2, 0) is 6.54 Å². The Labute approximate surface area is 127 Å². The highest BCUT2D eigenvalue weighted by molar-refractivity contribution is 9.10. The molecule has 0 spiro atoms. The van der Waals surface area contributed by atoms with Gasteiger partial charge in [-0.1, -0.05) is 22.9 Å². The van der Waals surface area contributed by atoms with E-state index < -0.39 is 0 Å². The van der Waals surface area contributed by atoms with Gasteiger partial charge in [0.25, 0.3) is 5.69 Å². The van der Waals surface area contributed by atoms with Crippen molar-refractivity contribution in [1.29, 1.82) is 0 Å². The van der Waals surface area contributed by atoms with E-state index in [2.05, 4.69) is 27.8 Å². The lowest BCUT2D eigenvalue weighted by atomic mass is 9.90. The Hall–Kier alpha value is -0.980. The Morgan fingerprint density at radius 2 is 2.30 bits per heavy atom. The summed E-state index contributed by atoms with van der Waals surface area (Å²) in [6.45, 7) is 4.72. The van der Waals surface area contributed by atoms with E-state index in [0.717, 1.165) is 23.1 Å². The first-order valence-electron chi connectivity index (χ1n) is 6.90. The van der Waals surface area contributed by atoms with Gasteiger partial charge < -0.3 is 5.73 Å². The van der Waals surface area contributed by atoms with Gasteiger partial charge in [-0.2, -0.15) is 0 Å². The summed E-state index contributed by atoms with van der Waals surface area (Å²) in [5.74, 6) is 0.602. The number of nitrogens with zero attached hydrogens (tertiary/aromatic N) is 2. The van der Waals surface area contributed by atoms with Crippen molar-refractivity contribution < 1.29 is 4.92 Å². The zero-order chi connectivity index (χ0) is 14.7. The number of rotatable bonds is 4. The van der Waals surface area contributed by atoms with Crippen molar-refractivity contribution in [2.24, 2.45) is 11.7 Å². The summed E-state index contributed by atoms with van der Waals surface area (Å²) in [7, 11) is 0. The van der Waals surface area contributed by atoms with Crippen molar-refractivity contribution in [2.45, 2.75) is 32.4 Å². The van der Waals surface area contributed by atoms with Crippen LogP contribution in [0, 0.1) is 16.0 Å². The van der Waals surface area contributed by atoms with Gasteiger partial charge in [-0.15, -0.1) is 0 Å². The highest BCUT2D eigenvalue weighted by Gasteiger charge is 2.27. The molecule has 0 bridgehead atoms. The van der Waals surface area contributed by atoms with E-state index >= 15 is 0 Å². The Kier molecular flexibility index (Phi) is 5.12. The quantitative estimate of drug-likeness (QED) is 0.675. The number of nitro benzene ring substituents is 1. The maximum Gasteiger partial charge on any atom is 0.270 e. The van der Waals surface area contributed by atoms with Crippen LogP contribution in [0.2, 0.25) is 0 Å². The molecule has 5 nitrogen and oxygen atoms in total. The predicted molar refractivity (Wildman–Crippen MR) is 82.4 cm³/mol. The molecule has 1 fully saturated rings. The first kappa shape index (κ1) is 15.4. The van der Waals surface area contributed by atoms with Crippen LogP contribution < -0.4 is 5.73 Å². The van der Waals surface area contributed by atoms with Crippen molar-refractivity contribution in [2.75, 3.05) is 13.1 Å². The van der Waals surface area contributed by atoms with Crippen LogP contribution in [0.3, 0.4) is 0 Å². The summed E-state index contributed by atoms with van der Waals surface area (Å²) in [5.41, 5.74) is 7.08. The van der Waals surface area contributed by atoms with Gasteiger partial charge in [0.2, 0.25) is 0 Å². The number of non-ortho nitro benzene ring substituents is 1. The second-order valence-corrected chi connectivity index (χ2v) is 6.28. The number of hydrogen-bond acceptors (Lipinski definition) is 4. The lowest BCUT2D eigenvalue weighted by Crippen LogP contribution is -2.48. The van der Waals surface area contributed by atoms with Crippen molar-refractivity contribution in [3.63, 3.8) is 0 Å². The van der Waals surface area contributed by atoms with E-state index in [1.165, 1.54) is 12.8 Å². The molecule has 0 aliphatic carbocycles. The third-order valence-corrected chi connectivity index (χ3v) is 4.83. The molecule has 1 aliphatic rings. The number of likely N-dealkylation sites (tertiary alicyclic amines) is 1. The fraction of sp³-hybridized carbons (Fsp3) is 0.571. The topological polar surface area (TPSA) is 72.4 Å². The molecule has 1 aromatic carbocycles. The van der Waals surface area contributed by atoms with Crippen LogP contribution >= 0.6 is 15.9 Å². The van der Waals surface area contributed by atoms with Gasteiger partial charge in [0.05, 0.1) is 4.92 Å². The molecule has 6 heteroatoms. The minimum absolute atomic E-state index is 0.114. The summed E-state index contributed by atoms with van der Waals surface area (Å²) in [6.07, 6.45) is 2.40. The largest absolute Gasteiger partial charge is 0.329 e. The SMILES string of the molecule is CC1CCCN(Cc2ccc([N+](=O)[O-])cc2Br)C1CN. The first-order chi connectivity index (χ1) is 9.52. The maximum absolute atomic E-state index is 10.8. The van der Waals surface area contributed by atoms with Gasteiger partial charge in [-0.25, -0.2) is 0 Å². The molecule has 1 saturated heterocycles. The molecule has 0 radical (unpaired) electrons. The standard InChI is InChI=1S/C14H20BrN3O2/c1-10-3-2-6-17(14(10)8-16)9-11-4-5-12(18(19)20)7-13(11)15/h4-5,7,10,14H,2-3,6,8-9,16H2,1H3. The van der Waals surface area contributed by atoms with Gasteiger partial charge in [0.15, 0.2) is 0 Å². The van der Waals surface area contributed by atoms with E-state index in [0.29, 0.717) is 18.5 Å². The Balaban J connectivity index is 2.14. The monoisotopic (exact) mass is 341 g/mol. The molecule has 2 rings (SSSR count). The van der Waals surface area contributed by atoms with Crippen LogP contribution in [0.15, 0.2) is 22.7 Å². The van der Waals surface area contributed by atoms with Crippen molar-refractivity contribution in [3.05, 3.63) is 38.3 Å². The van der Waals surface area contributed by atoms with Crippen LogP contribution in [0.5, 0.6) is 0 Å². The average molecular weight is 342 g/mol. The molecule has 1 aromatic rings. The van der Waals surface area contributed by atoms with E-state index in [9.17, 15) is 10.1 Å². The fourth-order valence-corrected chi connectivity index (χ4v) is 3.40. The average Bonchev–Trinajstić information content (AvgIpc) is 2.41. The van der Waals surface area contributed by atoms with Gasteiger partial charge >= 0.3 is 0 Å². The second-order valence-electron chi connectivity index (χ2n) is 5.43. The smallest absolute Gasteiger partial charge is 0.270 e. The lowest BCUT2D eigenvalue weighted by Gasteiger charge is -2.39. The summed E-state index contributed by atoms with van der Waals surface area (Å²) in [6, 6.07) is 5.35. The molecule has 0 amide bonds. The highest BCUT2D eigenvalue weighted by Crippen LogP contribution is 2.28. The number of halogens is 1. The molecule has 0 aromatic heterocycles. The minimum atomic E-state index is -0.375. The molecule has 110 valence electrons. The summed E-state index contributed by atoms with van der Waals surface area (Å²) >= 11 is 3.44. The van der Waals surface area contributed by atoms with E-state index in [1.54, 1.807) is 12.1 Å². The van der Waals surface area contributed by atoms with Crippen molar-refractivity contribution in [1.82, 2.24) is 4.90 Å². The van der Waals surface area contributed by atoms with Crippen LogP contribution in [-0.4, -0.2) is 29.0 Å². The van der Waals surface area contributed by atoms with Crippen LogP contribution in [0.4, 0.5) is 5.69 Å². The summed E-state index contributed by atoms with van der Waals surface area (Å²) in [4.78, 5) is 12.8. The summed E-state index contributed by atoms with van der Waals surface area (Å²) in [5, 5.41) is 10.8. The minimum Gasteiger partial charge on any atom is -0.329 e. The fourth-order valence-electron chi connectivity index (χ4n) is 2.91. The highest BCUT2D eigenvalue weighted by atomic mass is 79.9. The molecule has 2 atom stereocenters. The first-order valence-corrected chi connectivity index (χ1v) is 7.69. The van der Waals surface area contributed by atoms with Gasteiger partial charge in [-0.05, 0) is 36.9 Å².